The minimum absolute atomic E-state index is 0.0305. The summed E-state index contributed by atoms with van der Waals surface area (Å²) in [5.74, 6) is 0.879. The molecule has 1 amide bonds. The minimum atomic E-state index is -0.584. The van der Waals surface area contributed by atoms with Crippen molar-refractivity contribution in [1.82, 2.24) is 15.5 Å². The van der Waals surface area contributed by atoms with Gasteiger partial charge in [0, 0.05) is 18.8 Å². The lowest BCUT2D eigenvalue weighted by molar-refractivity contribution is -0.130. The number of amides is 1. The van der Waals surface area contributed by atoms with Crippen LogP contribution < -0.4 is 5.32 Å². The van der Waals surface area contributed by atoms with Gasteiger partial charge in [0.1, 0.15) is 0 Å². The molecule has 2 heterocycles. The van der Waals surface area contributed by atoms with Crippen molar-refractivity contribution in [2.75, 3.05) is 13.2 Å². The van der Waals surface area contributed by atoms with Gasteiger partial charge in [-0.15, -0.1) is 0 Å². The average molecular weight is 377 g/mol. The van der Waals surface area contributed by atoms with Crippen LogP contribution in [0.5, 0.6) is 0 Å². The molecule has 1 aromatic heterocycles. The normalized spacial score (nSPS) is 15.9. The van der Waals surface area contributed by atoms with Crippen LogP contribution in [0.15, 0.2) is 59.1 Å². The molecule has 0 saturated carbocycles. The number of ether oxygens (including phenoxy) is 1. The van der Waals surface area contributed by atoms with E-state index in [0.29, 0.717) is 37.8 Å². The first-order valence-electron chi connectivity index (χ1n) is 9.49. The number of aromatic nitrogens is 2. The number of carbonyl (C=O) groups excluding carboxylic acids is 1. The Morgan fingerprint density at radius 3 is 2.50 bits per heavy atom. The van der Waals surface area contributed by atoms with E-state index in [1.807, 2.05) is 61.5 Å². The van der Waals surface area contributed by atoms with Crippen LogP contribution in [-0.2, 0) is 21.5 Å². The van der Waals surface area contributed by atoms with Crippen molar-refractivity contribution in [2.45, 2.75) is 31.7 Å². The smallest absolute Gasteiger partial charge is 0.246 e. The van der Waals surface area contributed by atoms with Gasteiger partial charge in [0.05, 0.1) is 12.0 Å². The van der Waals surface area contributed by atoms with Gasteiger partial charge in [-0.2, -0.15) is 4.98 Å². The lowest BCUT2D eigenvalue weighted by atomic mass is 9.73. The fourth-order valence-electron chi connectivity index (χ4n) is 3.60. The summed E-state index contributed by atoms with van der Waals surface area (Å²) in [7, 11) is 0. The van der Waals surface area contributed by atoms with Crippen molar-refractivity contribution < 1.29 is 14.1 Å². The maximum atomic E-state index is 13.2. The number of hydrogen-bond acceptors (Lipinski definition) is 5. The SMILES string of the molecule is Cc1ccc(-c2noc(CNC(=O)C3(c4ccccc4)CCOCC3)n2)cc1. The first-order chi connectivity index (χ1) is 13.7. The highest BCUT2D eigenvalue weighted by Crippen LogP contribution is 2.35. The molecule has 1 saturated heterocycles. The molecule has 0 bridgehead atoms. The van der Waals surface area contributed by atoms with Crippen LogP contribution in [0.4, 0.5) is 0 Å². The van der Waals surface area contributed by atoms with Gasteiger partial charge in [-0.1, -0.05) is 65.3 Å². The van der Waals surface area contributed by atoms with Gasteiger partial charge >= 0.3 is 0 Å². The molecule has 0 aliphatic carbocycles. The zero-order chi connectivity index (χ0) is 19.4. The predicted octanol–water partition coefficient (Wildman–Crippen LogP) is 3.41. The van der Waals surface area contributed by atoms with Crippen LogP contribution in [0.25, 0.3) is 11.4 Å². The Labute approximate surface area is 163 Å². The maximum absolute atomic E-state index is 13.2. The number of rotatable bonds is 5. The van der Waals surface area contributed by atoms with Gasteiger partial charge in [0.2, 0.25) is 17.6 Å². The van der Waals surface area contributed by atoms with E-state index in [9.17, 15) is 4.79 Å². The van der Waals surface area contributed by atoms with E-state index < -0.39 is 5.41 Å². The molecular weight excluding hydrogens is 354 g/mol. The first-order valence-corrected chi connectivity index (χ1v) is 9.49. The number of benzene rings is 2. The monoisotopic (exact) mass is 377 g/mol. The zero-order valence-corrected chi connectivity index (χ0v) is 15.9. The summed E-state index contributed by atoms with van der Waals surface area (Å²) in [6.07, 6.45) is 1.31. The second-order valence-corrected chi connectivity index (χ2v) is 7.12. The van der Waals surface area contributed by atoms with Crippen molar-refractivity contribution >= 4 is 5.91 Å². The fourth-order valence-corrected chi connectivity index (χ4v) is 3.60. The highest BCUT2D eigenvalue weighted by Gasteiger charge is 2.41. The third kappa shape index (κ3) is 3.68. The van der Waals surface area contributed by atoms with Gasteiger partial charge in [-0.3, -0.25) is 4.79 Å². The molecule has 0 radical (unpaired) electrons. The van der Waals surface area contributed by atoms with Crippen LogP contribution in [0, 0.1) is 6.92 Å². The third-order valence-electron chi connectivity index (χ3n) is 5.29. The van der Waals surface area contributed by atoms with Crippen molar-refractivity contribution in [3.8, 4) is 11.4 Å². The number of carbonyl (C=O) groups is 1. The Morgan fingerprint density at radius 1 is 1.07 bits per heavy atom. The maximum Gasteiger partial charge on any atom is 0.246 e. The Bertz CT molecular complexity index is 929. The summed E-state index contributed by atoms with van der Waals surface area (Å²) in [5, 5.41) is 7.02. The summed E-state index contributed by atoms with van der Waals surface area (Å²) in [6, 6.07) is 17.8. The molecule has 6 nitrogen and oxygen atoms in total. The highest BCUT2D eigenvalue weighted by atomic mass is 16.5. The van der Waals surface area contributed by atoms with Crippen LogP contribution in [0.1, 0.15) is 29.9 Å². The van der Waals surface area contributed by atoms with E-state index >= 15 is 0 Å². The largest absolute Gasteiger partial charge is 0.381 e. The average Bonchev–Trinajstić information content (AvgIpc) is 3.22. The van der Waals surface area contributed by atoms with E-state index in [-0.39, 0.29) is 12.5 Å². The van der Waals surface area contributed by atoms with Crippen LogP contribution in [-0.4, -0.2) is 29.3 Å². The van der Waals surface area contributed by atoms with Crippen molar-refractivity contribution in [1.29, 1.82) is 0 Å². The van der Waals surface area contributed by atoms with Gasteiger partial charge in [-0.05, 0) is 25.3 Å². The lowest BCUT2D eigenvalue weighted by Crippen LogP contribution is -2.47. The molecule has 0 unspecified atom stereocenters. The molecule has 3 aromatic rings. The molecule has 6 heteroatoms. The quantitative estimate of drug-likeness (QED) is 0.737. The number of aryl methyl sites for hydroxylation is 1. The minimum Gasteiger partial charge on any atom is -0.381 e. The molecule has 1 aliphatic heterocycles. The van der Waals surface area contributed by atoms with Crippen molar-refractivity contribution in [3.05, 3.63) is 71.6 Å². The Kier molecular flexibility index (Phi) is 5.21. The molecule has 0 spiro atoms. The summed E-state index contributed by atoms with van der Waals surface area (Å²) >= 11 is 0. The van der Waals surface area contributed by atoms with Gasteiger partial charge in [-0.25, -0.2) is 0 Å². The molecule has 1 N–H and O–H groups in total. The number of nitrogens with zero attached hydrogens (tertiary/aromatic N) is 2. The van der Waals surface area contributed by atoms with E-state index in [0.717, 1.165) is 11.1 Å². The molecule has 28 heavy (non-hydrogen) atoms. The second-order valence-electron chi connectivity index (χ2n) is 7.12. The molecule has 4 rings (SSSR count). The van der Waals surface area contributed by atoms with Crippen LogP contribution in [0.2, 0.25) is 0 Å². The Balaban J connectivity index is 1.48. The lowest BCUT2D eigenvalue weighted by Gasteiger charge is -2.36. The second kappa shape index (κ2) is 7.94. The molecule has 2 aromatic carbocycles. The first kappa shape index (κ1) is 18.4. The summed E-state index contributed by atoms with van der Waals surface area (Å²) in [6.45, 7) is 3.37. The molecule has 1 fully saturated rings. The molecule has 1 aliphatic rings. The summed E-state index contributed by atoms with van der Waals surface area (Å²) in [5.41, 5.74) is 2.49. The Hall–Kier alpha value is -2.99. The highest BCUT2D eigenvalue weighted by molar-refractivity contribution is 5.88. The summed E-state index contributed by atoms with van der Waals surface area (Å²) in [4.78, 5) is 17.6. The van der Waals surface area contributed by atoms with E-state index in [1.54, 1.807) is 0 Å². The molecule has 0 atom stereocenters. The van der Waals surface area contributed by atoms with Crippen LogP contribution >= 0.6 is 0 Å². The van der Waals surface area contributed by atoms with Gasteiger partial charge in [0.15, 0.2) is 0 Å². The Morgan fingerprint density at radius 2 is 1.79 bits per heavy atom. The van der Waals surface area contributed by atoms with Gasteiger partial charge in [0.25, 0.3) is 0 Å². The van der Waals surface area contributed by atoms with E-state index in [2.05, 4.69) is 15.5 Å². The summed E-state index contributed by atoms with van der Waals surface area (Å²) < 4.78 is 10.8. The standard InChI is InChI=1S/C22H23N3O3/c1-16-7-9-17(10-8-16)20-24-19(28-25-20)15-23-21(26)22(11-13-27-14-12-22)18-5-3-2-4-6-18/h2-10H,11-15H2,1H3,(H,23,26). The zero-order valence-electron chi connectivity index (χ0n) is 15.9. The predicted molar refractivity (Wildman–Crippen MR) is 104 cm³/mol. The number of nitrogens with one attached hydrogen (secondary N) is 1. The fraction of sp³-hybridized carbons (Fsp3) is 0.318. The topological polar surface area (TPSA) is 77.2 Å². The van der Waals surface area contributed by atoms with Gasteiger partial charge < -0.3 is 14.6 Å². The number of hydrogen-bond donors (Lipinski definition) is 1. The van der Waals surface area contributed by atoms with Crippen molar-refractivity contribution in [3.63, 3.8) is 0 Å². The van der Waals surface area contributed by atoms with Crippen molar-refractivity contribution in [2.24, 2.45) is 0 Å². The van der Waals surface area contributed by atoms with E-state index in [1.165, 1.54) is 5.56 Å². The molecule has 144 valence electrons. The van der Waals surface area contributed by atoms with Crippen LogP contribution in [0.3, 0.4) is 0 Å². The van der Waals surface area contributed by atoms with E-state index in [4.69, 9.17) is 9.26 Å². The molecular formula is C22H23N3O3. The third-order valence-corrected chi connectivity index (χ3v) is 5.29.